The molecule has 4 heteroatoms. The molecule has 0 aliphatic rings. The number of benzene rings is 1. The molecule has 0 radical (unpaired) electrons. The van der Waals surface area contributed by atoms with Crippen molar-refractivity contribution in [2.75, 3.05) is 0 Å². The lowest BCUT2D eigenvalue weighted by Crippen LogP contribution is -2.00. The van der Waals surface area contributed by atoms with E-state index in [2.05, 4.69) is 17.0 Å². The summed E-state index contributed by atoms with van der Waals surface area (Å²) in [6.45, 7) is 4.08. The molecule has 0 saturated carbocycles. The molecular formula is C15H14ClN3. The lowest BCUT2D eigenvalue weighted by Gasteiger charge is -2.10. The molecule has 0 aliphatic carbocycles. The highest BCUT2D eigenvalue weighted by Gasteiger charge is 2.15. The van der Waals surface area contributed by atoms with Crippen LogP contribution in [0.2, 0.25) is 5.15 Å². The van der Waals surface area contributed by atoms with Crippen LogP contribution in [0.4, 0.5) is 0 Å². The van der Waals surface area contributed by atoms with Crippen molar-refractivity contribution < 1.29 is 0 Å². The van der Waals surface area contributed by atoms with Crippen molar-refractivity contribution in [3.8, 4) is 11.1 Å². The number of hydrogen-bond donors (Lipinski definition) is 0. The summed E-state index contributed by atoms with van der Waals surface area (Å²) in [5.41, 5.74) is 4.90. The Morgan fingerprint density at radius 2 is 1.95 bits per heavy atom. The lowest BCUT2D eigenvalue weighted by molar-refractivity contribution is 0.932. The predicted molar refractivity (Wildman–Crippen MR) is 77.5 cm³/mol. The van der Waals surface area contributed by atoms with Crippen molar-refractivity contribution in [3.63, 3.8) is 0 Å². The van der Waals surface area contributed by atoms with Crippen molar-refractivity contribution in [1.29, 1.82) is 0 Å². The van der Waals surface area contributed by atoms with Crippen molar-refractivity contribution in [2.45, 2.75) is 20.3 Å². The third-order valence-corrected chi connectivity index (χ3v) is 3.64. The minimum atomic E-state index is 0.619. The fourth-order valence-corrected chi connectivity index (χ4v) is 2.66. The maximum Gasteiger partial charge on any atom is 0.160 e. The van der Waals surface area contributed by atoms with E-state index in [4.69, 9.17) is 11.6 Å². The number of fused-ring (bicyclic) bond motifs is 1. The largest absolute Gasteiger partial charge is 0.233 e. The molecule has 0 bridgehead atoms. The second-order valence-electron chi connectivity index (χ2n) is 4.49. The number of halogens is 1. The minimum absolute atomic E-state index is 0.619. The van der Waals surface area contributed by atoms with Crippen LogP contribution in [0.1, 0.15) is 18.2 Å². The van der Waals surface area contributed by atoms with E-state index in [-0.39, 0.29) is 0 Å². The van der Waals surface area contributed by atoms with Gasteiger partial charge in [0.1, 0.15) is 5.15 Å². The minimum Gasteiger partial charge on any atom is -0.233 e. The molecule has 96 valence electrons. The van der Waals surface area contributed by atoms with Crippen LogP contribution in [-0.2, 0) is 6.42 Å². The summed E-state index contributed by atoms with van der Waals surface area (Å²) in [6.07, 6.45) is 2.74. The van der Waals surface area contributed by atoms with Gasteiger partial charge in [0.05, 0.1) is 11.9 Å². The maximum absolute atomic E-state index is 6.51. The SMILES string of the molecule is CCc1cnn2c(Cl)c(-c3ccccc3)c(C)nc12. The monoisotopic (exact) mass is 271 g/mol. The Bertz CT molecular complexity index is 732. The molecule has 3 nitrogen and oxygen atoms in total. The van der Waals surface area contributed by atoms with Gasteiger partial charge in [-0.15, -0.1) is 0 Å². The highest BCUT2D eigenvalue weighted by molar-refractivity contribution is 6.32. The molecule has 0 atom stereocenters. The van der Waals surface area contributed by atoms with Crippen molar-refractivity contribution in [3.05, 3.63) is 52.9 Å². The first-order valence-electron chi connectivity index (χ1n) is 6.30. The van der Waals surface area contributed by atoms with Gasteiger partial charge >= 0.3 is 0 Å². The molecule has 0 N–H and O–H groups in total. The van der Waals surface area contributed by atoms with E-state index in [1.807, 2.05) is 43.5 Å². The first kappa shape index (κ1) is 12.2. The molecule has 0 unspecified atom stereocenters. The Morgan fingerprint density at radius 1 is 1.21 bits per heavy atom. The first-order chi connectivity index (χ1) is 9.22. The molecule has 19 heavy (non-hydrogen) atoms. The van der Waals surface area contributed by atoms with Gasteiger partial charge in [0, 0.05) is 11.1 Å². The van der Waals surface area contributed by atoms with Crippen LogP contribution in [0, 0.1) is 6.92 Å². The molecule has 1 aromatic carbocycles. The van der Waals surface area contributed by atoms with Crippen LogP contribution in [0.25, 0.3) is 16.8 Å². The molecular weight excluding hydrogens is 258 g/mol. The van der Waals surface area contributed by atoms with E-state index < -0.39 is 0 Å². The van der Waals surface area contributed by atoms with Crippen LogP contribution in [0.3, 0.4) is 0 Å². The fourth-order valence-electron chi connectivity index (χ4n) is 2.29. The Labute approximate surface area is 116 Å². The van der Waals surface area contributed by atoms with E-state index in [0.29, 0.717) is 5.15 Å². The molecule has 2 heterocycles. The molecule has 0 spiro atoms. The topological polar surface area (TPSA) is 30.2 Å². The third-order valence-electron chi connectivity index (χ3n) is 3.29. The van der Waals surface area contributed by atoms with E-state index in [0.717, 1.165) is 34.5 Å². The highest BCUT2D eigenvalue weighted by atomic mass is 35.5. The quantitative estimate of drug-likeness (QED) is 0.661. The molecule has 3 rings (SSSR count). The van der Waals surface area contributed by atoms with Crippen LogP contribution in [-0.4, -0.2) is 14.6 Å². The smallest absolute Gasteiger partial charge is 0.160 e. The summed E-state index contributed by atoms with van der Waals surface area (Å²) in [7, 11) is 0. The molecule has 0 aliphatic heterocycles. The van der Waals surface area contributed by atoms with Crippen molar-refractivity contribution >= 4 is 17.2 Å². The molecule has 0 fully saturated rings. The first-order valence-corrected chi connectivity index (χ1v) is 6.68. The summed E-state index contributed by atoms with van der Waals surface area (Å²) < 4.78 is 1.72. The number of hydrogen-bond acceptors (Lipinski definition) is 2. The van der Waals surface area contributed by atoms with Crippen LogP contribution in [0.5, 0.6) is 0 Å². The third kappa shape index (κ3) is 1.90. The van der Waals surface area contributed by atoms with Crippen LogP contribution >= 0.6 is 11.6 Å². The van der Waals surface area contributed by atoms with Gasteiger partial charge < -0.3 is 0 Å². The molecule has 0 amide bonds. The summed E-state index contributed by atoms with van der Waals surface area (Å²) in [6, 6.07) is 10.0. The van der Waals surface area contributed by atoms with E-state index in [1.165, 1.54) is 0 Å². The molecule has 0 saturated heterocycles. The van der Waals surface area contributed by atoms with E-state index in [1.54, 1.807) is 4.52 Å². The summed E-state index contributed by atoms with van der Waals surface area (Å²) in [5, 5.41) is 4.96. The number of nitrogens with zero attached hydrogens (tertiary/aromatic N) is 3. The van der Waals surface area contributed by atoms with Gasteiger partial charge in [-0.2, -0.15) is 5.10 Å². The normalized spacial score (nSPS) is 11.1. The van der Waals surface area contributed by atoms with Gasteiger partial charge in [-0.1, -0.05) is 48.9 Å². The molecule has 3 aromatic rings. The van der Waals surface area contributed by atoms with Crippen LogP contribution in [0.15, 0.2) is 36.5 Å². The number of rotatable bonds is 2. The molecule has 2 aromatic heterocycles. The van der Waals surface area contributed by atoms with Crippen molar-refractivity contribution in [2.24, 2.45) is 0 Å². The van der Waals surface area contributed by atoms with Gasteiger partial charge in [0.25, 0.3) is 0 Å². The fraction of sp³-hybridized carbons (Fsp3) is 0.200. The zero-order valence-electron chi connectivity index (χ0n) is 10.9. The van der Waals surface area contributed by atoms with E-state index >= 15 is 0 Å². The summed E-state index contributed by atoms with van der Waals surface area (Å²) in [5.74, 6) is 0. The Balaban J connectivity index is 2.33. The Morgan fingerprint density at radius 3 is 2.63 bits per heavy atom. The van der Waals surface area contributed by atoms with Crippen LogP contribution < -0.4 is 0 Å². The average Bonchev–Trinajstić information content (AvgIpc) is 2.83. The van der Waals surface area contributed by atoms with Gasteiger partial charge in [0.15, 0.2) is 5.65 Å². The second kappa shape index (κ2) is 4.67. The number of aryl methyl sites for hydroxylation is 2. The van der Waals surface area contributed by atoms with E-state index in [9.17, 15) is 0 Å². The Kier molecular flexibility index (Phi) is 2.99. The van der Waals surface area contributed by atoms with Gasteiger partial charge in [-0.25, -0.2) is 9.50 Å². The van der Waals surface area contributed by atoms with Gasteiger partial charge in [0.2, 0.25) is 0 Å². The zero-order valence-corrected chi connectivity index (χ0v) is 11.6. The average molecular weight is 272 g/mol. The lowest BCUT2D eigenvalue weighted by atomic mass is 10.1. The maximum atomic E-state index is 6.51. The van der Waals surface area contributed by atoms with Gasteiger partial charge in [-0.05, 0) is 18.9 Å². The summed E-state index contributed by atoms with van der Waals surface area (Å²) in [4.78, 5) is 4.66. The second-order valence-corrected chi connectivity index (χ2v) is 4.85. The highest BCUT2D eigenvalue weighted by Crippen LogP contribution is 2.31. The zero-order chi connectivity index (χ0) is 13.4. The van der Waals surface area contributed by atoms with Gasteiger partial charge in [-0.3, -0.25) is 0 Å². The van der Waals surface area contributed by atoms with Crippen molar-refractivity contribution in [1.82, 2.24) is 14.6 Å². The summed E-state index contributed by atoms with van der Waals surface area (Å²) >= 11 is 6.51. The standard InChI is InChI=1S/C15H14ClN3/c1-3-11-9-17-19-14(16)13(10(2)18-15(11)19)12-7-5-4-6-8-12/h4-9H,3H2,1-2H3. The number of aromatic nitrogens is 3. The predicted octanol–water partition coefficient (Wildman–Crippen LogP) is 3.92. The Hall–Kier alpha value is -1.87.